The maximum Gasteiger partial charge on any atom is 0.212 e. The maximum absolute atomic E-state index is 12.9. The lowest BCUT2D eigenvalue weighted by Gasteiger charge is -2.13. The zero-order valence-corrected chi connectivity index (χ0v) is 17.4. The number of hydrogen-bond donors (Lipinski definition) is 0. The Hall–Kier alpha value is -2.77. The number of aryl methyl sites for hydroxylation is 1. The Kier molecular flexibility index (Phi) is 6.06. The van der Waals surface area contributed by atoms with Crippen molar-refractivity contribution in [1.29, 1.82) is 0 Å². The summed E-state index contributed by atoms with van der Waals surface area (Å²) in [6.45, 7) is 2.00. The smallest absolute Gasteiger partial charge is 0.212 e. The number of halogens is 1. The Morgan fingerprint density at radius 1 is 1.04 bits per heavy atom. The third-order valence-corrected chi connectivity index (χ3v) is 5.36. The molecule has 0 N–H and O–H groups in total. The predicted molar refractivity (Wildman–Crippen MR) is 111 cm³/mol. The molecule has 1 aromatic heterocycles. The standard InChI is InChI=1S/C20H19ClN2O4S/c1-12-5-7-14(8-6-12)23(21)20-22-15(11-28-20)18(24)13-9-16(25-2)19(27-4)17(10-13)26-3/h5-11H,1-4H3. The van der Waals surface area contributed by atoms with Crippen LogP contribution < -0.4 is 18.6 Å². The zero-order valence-electron chi connectivity index (χ0n) is 15.9. The van der Waals surface area contributed by atoms with Crippen LogP contribution in [0.15, 0.2) is 41.8 Å². The van der Waals surface area contributed by atoms with Gasteiger partial charge in [0.15, 0.2) is 11.5 Å². The first-order valence-electron chi connectivity index (χ1n) is 8.31. The van der Waals surface area contributed by atoms with Crippen molar-refractivity contribution in [3.05, 3.63) is 58.6 Å². The number of anilines is 2. The molecule has 28 heavy (non-hydrogen) atoms. The number of methoxy groups -OCH3 is 3. The van der Waals surface area contributed by atoms with Gasteiger partial charge in [0.1, 0.15) is 5.69 Å². The molecule has 0 aliphatic carbocycles. The van der Waals surface area contributed by atoms with Gasteiger partial charge in [-0.15, -0.1) is 11.3 Å². The van der Waals surface area contributed by atoms with Gasteiger partial charge < -0.3 is 14.2 Å². The Bertz CT molecular complexity index is 963. The van der Waals surface area contributed by atoms with Crippen LogP contribution >= 0.6 is 23.1 Å². The molecular weight excluding hydrogens is 400 g/mol. The molecule has 0 spiro atoms. The Balaban J connectivity index is 1.91. The van der Waals surface area contributed by atoms with E-state index < -0.39 is 0 Å². The molecule has 8 heteroatoms. The molecule has 0 atom stereocenters. The lowest BCUT2D eigenvalue weighted by molar-refractivity contribution is 0.103. The van der Waals surface area contributed by atoms with Gasteiger partial charge in [-0.1, -0.05) is 17.7 Å². The Morgan fingerprint density at radius 2 is 1.64 bits per heavy atom. The van der Waals surface area contributed by atoms with E-state index in [9.17, 15) is 4.79 Å². The third kappa shape index (κ3) is 3.90. The number of ketones is 1. The van der Waals surface area contributed by atoms with Crippen LogP contribution in [0.25, 0.3) is 0 Å². The van der Waals surface area contributed by atoms with Crippen LogP contribution in [-0.4, -0.2) is 32.1 Å². The van der Waals surface area contributed by atoms with Crippen molar-refractivity contribution >= 4 is 39.7 Å². The van der Waals surface area contributed by atoms with Gasteiger partial charge in [-0.05, 0) is 31.2 Å². The Morgan fingerprint density at radius 3 is 2.18 bits per heavy atom. The topological polar surface area (TPSA) is 60.9 Å². The van der Waals surface area contributed by atoms with Gasteiger partial charge in [0.05, 0.1) is 27.0 Å². The average molecular weight is 419 g/mol. The molecule has 0 bridgehead atoms. The first-order valence-corrected chi connectivity index (χ1v) is 9.53. The van der Waals surface area contributed by atoms with Crippen LogP contribution in [0.1, 0.15) is 21.6 Å². The fourth-order valence-corrected chi connectivity index (χ4v) is 3.60. The van der Waals surface area contributed by atoms with Gasteiger partial charge in [0.2, 0.25) is 16.7 Å². The summed E-state index contributed by atoms with van der Waals surface area (Å²) in [7, 11) is 4.51. The number of thiazole rings is 1. The second kappa shape index (κ2) is 8.50. The predicted octanol–water partition coefficient (Wildman–Crippen LogP) is 5.00. The summed E-state index contributed by atoms with van der Waals surface area (Å²) >= 11 is 7.68. The lowest BCUT2D eigenvalue weighted by atomic mass is 10.1. The number of benzene rings is 2. The molecule has 0 saturated carbocycles. The fraction of sp³-hybridized carbons (Fsp3) is 0.200. The van der Waals surface area contributed by atoms with Crippen LogP contribution in [0, 0.1) is 6.92 Å². The largest absolute Gasteiger partial charge is 0.493 e. The highest BCUT2D eigenvalue weighted by atomic mass is 35.5. The summed E-state index contributed by atoms with van der Waals surface area (Å²) in [5, 5.41) is 2.17. The number of carbonyl (C=O) groups is 1. The molecule has 0 aliphatic rings. The number of ether oxygens (including phenoxy) is 3. The van der Waals surface area contributed by atoms with Crippen molar-refractivity contribution in [1.82, 2.24) is 4.98 Å². The third-order valence-electron chi connectivity index (χ3n) is 4.08. The molecule has 3 aromatic rings. The van der Waals surface area contributed by atoms with Gasteiger partial charge in [0.25, 0.3) is 0 Å². The summed E-state index contributed by atoms with van der Waals surface area (Å²) in [6.07, 6.45) is 0. The molecule has 0 aliphatic heterocycles. The summed E-state index contributed by atoms with van der Waals surface area (Å²) in [6, 6.07) is 10.9. The van der Waals surface area contributed by atoms with Crippen molar-refractivity contribution in [2.24, 2.45) is 0 Å². The van der Waals surface area contributed by atoms with E-state index >= 15 is 0 Å². The molecular formula is C20H19ClN2O4S. The summed E-state index contributed by atoms with van der Waals surface area (Å²) in [4.78, 5) is 17.3. The molecule has 1 heterocycles. The number of nitrogens with zero attached hydrogens (tertiary/aromatic N) is 2. The van der Waals surface area contributed by atoms with Gasteiger partial charge >= 0.3 is 0 Å². The quantitative estimate of drug-likeness (QED) is 0.397. The molecule has 0 unspecified atom stereocenters. The second-order valence-corrected chi connectivity index (χ2v) is 7.05. The molecule has 0 radical (unpaired) electrons. The highest BCUT2D eigenvalue weighted by Gasteiger charge is 2.21. The molecule has 2 aromatic carbocycles. The highest BCUT2D eigenvalue weighted by Crippen LogP contribution is 2.39. The minimum Gasteiger partial charge on any atom is -0.493 e. The van der Waals surface area contributed by atoms with Crippen molar-refractivity contribution < 1.29 is 19.0 Å². The van der Waals surface area contributed by atoms with E-state index in [4.69, 9.17) is 26.0 Å². The normalized spacial score (nSPS) is 10.5. The number of hydrogen-bond acceptors (Lipinski definition) is 7. The van der Waals surface area contributed by atoms with Crippen LogP contribution in [-0.2, 0) is 0 Å². The Labute approximate surface area is 172 Å². The van der Waals surface area contributed by atoms with Crippen LogP contribution in [0.4, 0.5) is 10.8 Å². The summed E-state index contributed by atoms with van der Waals surface area (Å²) in [5.74, 6) is 0.959. The monoisotopic (exact) mass is 418 g/mol. The second-order valence-electron chi connectivity index (χ2n) is 5.87. The van der Waals surface area contributed by atoms with E-state index in [1.165, 1.54) is 37.1 Å². The molecule has 0 fully saturated rings. The van der Waals surface area contributed by atoms with Crippen LogP contribution in [0.5, 0.6) is 17.2 Å². The van der Waals surface area contributed by atoms with Gasteiger partial charge in [-0.3, -0.25) is 4.79 Å². The van der Waals surface area contributed by atoms with E-state index in [0.717, 1.165) is 11.3 Å². The van der Waals surface area contributed by atoms with Crippen molar-refractivity contribution in [3.8, 4) is 17.2 Å². The first kappa shape index (κ1) is 20.0. The van der Waals surface area contributed by atoms with Crippen molar-refractivity contribution in [3.63, 3.8) is 0 Å². The fourth-order valence-electron chi connectivity index (χ4n) is 2.60. The SMILES string of the molecule is COc1cc(C(=O)c2csc(N(Cl)c3ccc(C)cc3)n2)cc(OC)c1OC. The molecule has 3 rings (SSSR count). The van der Waals surface area contributed by atoms with Crippen molar-refractivity contribution in [2.75, 3.05) is 25.7 Å². The van der Waals surface area contributed by atoms with E-state index in [1.807, 2.05) is 31.2 Å². The molecule has 0 saturated heterocycles. The highest BCUT2D eigenvalue weighted by molar-refractivity contribution is 7.14. The van der Waals surface area contributed by atoms with Gasteiger partial charge in [-0.2, -0.15) is 0 Å². The summed E-state index contributed by atoms with van der Waals surface area (Å²) in [5.41, 5.74) is 2.56. The van der Waals surface area contributed by atoms with E-state index in [-0.39, 0.29) is 11.5 Å². The number of carbonyl (C=O) groups excluding carboxylic acids is 1. The minimum atomic E-state index is -0.268. The van der Waals surface area contributed by atoms with E-state index in [2.05, 4.69) is 4.98 Å². The number of rotatable bonds is 7. The molecule has 6 nitrogen and oxygen atoms in total. The van der Waals surface area contributed by atoms with Crippen LogP contribution in [0.2, 0.25) is 0 Å². The molecule has 146 valence electrons. The maximum atomic E-state index is 12.9. The first-order chi connectivity index (χ1) is 13.5. The molecule has 0 amide bonds. The number of aromatic nitrogens is 1. The van der Waals surface area contributed by atoms with E-state index in [1.54, 1.807) is 17.5 Å². The summed E-state index contributed by atoms with van der Waals surface area (Å²) < 4.78 is 17.3. The minimum absolute atomic E-state index is 0.268. The zero-order chi connectivity index (χ0) is 20.3. The van der Waals surface area contributed by atoms with E-state index in [0.29, 0.717) is 27.9 Å². The van der Waals surface area contributed by atoms with Gasteiger partial charge in [-0.25, -0.2) is 9.40 Å². The average Bonchev–Trinajstić information content (AvgIpc) is 3.22. The lowest BCUT2D eigenvalue weighted by Crippen LogP contribution is -2.06. The van der Waals surface area contributed by atoms with Gasteiger partial charge in [0, 0.05) is 22.7 Å². The van der Waals surface area contributed by atoms with Crippen molar-refractivity contribution in [2.45, 2.75) is 6.92 Å². The van der Waals surface area contributed by atoms with Crippen LogP contribution in [0.3, 0.4) is 0 Å².